The van der Waals surface area contributed by atoms with E-state index in [1.165, 1.54) is 6.92 Å². The Bertz CT molecular complexity index is 185. The molecule has 0 bridgehead atoms. The summed E-state index contributed by atoms with van der Waals surface area (Å²) in [7, 11) is 0. The molecule has 11 heavy (non-hydrogen) atoms. The third-order valence-electron chi connectivity index (χ3n) is 1.13. The van der Waals surface area contributed by atoms with Crippen LogP contribution in [0.3, 0.4) is 0 Å². The predicted molar refractivity (Wildman–Crippen MR) is 43.8 cm³/mol. The van der Waals surface area contributed by atoms with Crippen LogP contribution in [0.4, 0.5) is 0 Å². The zero-order valence-corrected chi connectivity index (χ0v) is 7.05. The Labute approximate surface area is 66.6 Å². The Morgan fingerprint density at radius 1 is 1.64 bits per heavy atom. The van der Waals surface area contributed by atoms with E-state index in [0.717, 1.165) is 0 Å². The second kappa shape index (κ2) is 4.66. The van der Waals surface area contributed by atoms with Gasteiger partial charge >= 0.3 is 5.97 Å². The molecule has 1 atom stereocenters. The molecule has 0 fully saturated rings. The number of carbonyl (C=O) groups excluding carboxylic acids is 1. The highest BCUT2D eigenvalue weighted by Gasteiger charge is 2.07. The van der Waals surface area contributed by atoms with Crippen molar-refractivity contribution in [3.05, 3.63) is 12.2 Å². The van der Waals surface area contributed by atoms with Gasteiger partial charge in [0.1, 0.15) is 6.10 Å². The van der Waals surface area contributed by atoms with Gasteiger partial charge in [0, 0.05) is 6.92 Å². The number of rotatable bonds is 3. The first-order valence-electron chi connectivity index (χ1n) is 3.46. The van der Waals surface area contributed by atoms with Crippen molar-refractivity contribution in [3.8, 4) is 0 Å². The number of carbonyl (C=O) groups is 1. The normalized spacial score (nSPS) is 13.0. The number of nitrogens with one attached hydrogen (secondary N) is 1. The third-order valence-corrected chi connectivity index (χ3v) is 1.13. The number of esters is 1. The monoisotopic (exact) mass is 155 g/mol. The van der Waals surface area contributed by atoms with Gasteiger partial charge in [0.25, 0.3) is 0 Å². The molecule has 0 amide bonds. The SMILES string of the molecule is CC=CC(=N)C(C)OC(C)=O. The Morgan fingerprint density at radius 3 is 2.55 bits per heavy atom. The highest BCUT2D eigenvalue weighted by molar-refractivity contribution is 5.96. The average molecular weight is 155 g/mol. The maximum absolute atomic E-state index is 10.4. The minimum atomic E-state index is -0.441. The van der Waals surface area contributed by atoms with Crippen molar-refractivity contribution in [3.63, 3.8) is 0 Å². The minimum absolute atomic E-state index is 0.308. The van der Waals surface area contributed by atoms with E-state index in [4.69, 9.17) is 10.1 Å². The van der Waals surface area contributed by atoms with E-state index >= 15 is 0 Å². The van der Waals surface area contributed by atoms with Gasteiger partial charge in [0.05, 0.1) is 5.71 Å². The van der Waals surface area contributed by atoms with Crippen molar-refractivity contribution in [1.82, 2.24) is 0 Å². The second-order valence-corrected chi connectivity index (χ2v) is 2.21. The van der Waals surface area contributed by atoms with Gasteiger partial charge in [-0.05, 0) is 19.9 Å². The number of hydrogen-bond acceptors (Lipinski definition) is 3. The fourth-order valence-corrected chi connectivity index (χ4v) is 0.627. The quantitative estimate of drug-likeness (QED) is 0.496. The lowest BCUT2D eigenvalue weighted by molar-refractivity contribution is -0.142. The summed E-state index contributed by atoms with van der Waals surface area (Å²) in [5.41, 5.74) is 0.308. The lowest BCUT2D eigenvalue weighted by Gasteiger charge is -2.09. The molecule has 1 N–H and O–H groups in total. The second-order valence-electron chi connectivity index (χ2n) is 2.21. The van der Waals surface area contributed by atoms with Crippen LogP contribution in [0.1, 0.15) is 20.8 Å². The van der Waals surface area contributed by atoms with E-state index in [9.17, 15) is 4.79 Å². The lowest BCUT2D eigenvalue weighted by atomic mass is 10.2. The maximum atomic E-state index is 10.4. The van der Waals surface area contributed by atoms with Gasteiger partial charge in [0.15, 0.2) is 0 Å². The molecule has 3 nitrogen and oxygen atoms in total. The summed E-state index contributed by atoms with van der Waals surface area (Å²) in [6, 6.07) is 0. The molecule has 0 aliphatic rings. The van der Waals surface area contributed by atoms with Crippen LogP contribution in [0.15, 0.2) is 12.2 Å². The van der Waals surface area contributed by atoms with Crippen molar-refractivity contribution < 1.29 is 9.53 Å². The first-order valence-corrected chi connectivity index (χ1v) is 3.46. The summed E-state index contributed by atoms with van der Waals surface area (Å²) in [6.07, 6.45) is 2.90. The molecular weight excluding hydrogens is 142 g/mol. The van der Waals surface area contributed by atoms with Crippen LogP contribution in [0, 0.1) is 5.41 Å². The van der Waals surface area contributed by atoms with E-state index < -0.39 is 6.10 Å². The molecular formula is C8H13NO2. The van der Waals surface area contributed by atoms with E-state index in [1.54, 1.807) is 19.1 Å². The minimum Gasteiger partial charge on any atom is -0.456 e. The molecule has 0 aromatic carbocycles. The van der Waals surface area contributed by atoms with Gasteiger partial charge in [0.2, 0.25) is 0 Å². The van der Waals surface area contributed by atoms with Crippen molar-refractivity contribution in [2.75, 3.05) is 0 Å². The molecule has 62 valence electrons. The van der Waals surface area contributed by atoms with Crippen LogP contribution in [-0.2, 0) is 9.53 Å². The fourth-order valence-electron chi connectivity index (χ4n) is 0.627. The molecule has 0 saturated heterocycles. The van der Waals surface area contributed by atoms with Crippen molar-refractivity contribution >= 4 is 11.7 Å². The number of allylic oxidation sites excluding steroid dienone is 1. The van der Waals surface area contributed by atoms with Crippen molar-refractivity contribution in [1.29, 1.82) is 5.41 Å². The van der Waals surface area contributed by atoms with Gasteiger partial charge in [-0.3, -0.25) is 4.79 Å². The third kappa shape index (κ3) is 4.31. The Kier molecular flexibility index (Phi) is 4.18. The number of ether oxygens (including phenoxy) is 1. The predicted octanol–water partition coefficient (Wildman–Crippen LogP) is 1.53. The molecule has 0 aliphatic carbocycles. The lowest BCUT2D eigenvalue weighted by Crippen LogP contribution is -2.20. The molecule has 3 heteroatoms. The molecule has 0 rings (SSSR count). The van der Waals surface area contributed by atoms with Crippen LogP contribution < -0.4 is 0 Å². The zero-order valence-electron chi connectivity index (χ0n) is 7.05. The van der Waals surface area contributed by atoms with Crippen LogP contribution in [0.2, 0.25) is 0 Å². The van der Waals surface area contributed by atoms with Gasteiger partial charge in [-0.2, -0.15) is 0 Å². The average Bonchev–Trinajstić information content (AvgIpc) is 1.86. The molecule has 0 saturated carbocycles. The molecule has 0 spiro atoms. The molecule has 0 aromatic rings. The molecule has 0 heterocycles. The van der Waals surface area contributed by atoms with Gasteiger partial charge < -0.3 is 10.1 Å². The van der Waals surface area contributed by atoms with E-state index in [1.807, 2.05) is 6.92 Å². The van der Waals surface area contributed by atoms with Crippen LogP contribution in [0.25, 0.3) is 0 Å². The summed E-state index contributed by atoms with van der Waals surface area (Å²) in [6.45, 7) is 4.82. The Balaban J connectivity index is 3.92. The van der Waals surface area contributed by atoms with Crippen molar-refractivity contribution in [2.24, 2.45) is 0 Å². The molecule has 0 radical (unpaired) electrons. The maximum Gasteiger partial charge on any atom is 0.303 e. The van der Waals surface area contributed by atoms with Crippen molar-refractivity contribution in [2.45, 2.75) is 26.9 Å². The topological polar surface area (TPSA) is 50.1 Å². The molecule has 0 aromatic heterocycles. The first-order chi connectivity index (χ1) is 5.07. The van der Waals surface area contributed by atoms with E-state index in [-0.39, 0.29) is 5.97 Å². The zero-order chi connectivity index (χ0) is 8.85. The van der Waals surface area contributed by atoms with Gasteiger partial charge in [-0.25, -0.2) is 0 Å². The summed E-state index contributed by atoms with van der Waals surface area (Å²) >= 11 is 0. The van der Waals surface area contributed by atoms with E-state index in [0.29, 0.717) is 5.71 Å². The largest absolute Gasteiger partial charge is 0.456 e. The number of hydrogen-bond donors (Lipinski definition) is 1. The summed E-state index contributed by atoms with van der Waals surface area (Å²) in [5, 5.41) is 7.32. The summed E-state index contributed by atoms with van der Waals surface area (Å²) < 4.78 is 4.75. The highest BCUT2D eigenvalue weighted by atomic mass is 16.5. The van der Waals surface area contributed by atoms with Gasteiger partial charge in [-0.1, -0.05) is 6.08 Å². The molecule has 0 aliphatic heterocycles. The first kappa shape index (κ1) is 9.88. The van der Waals surface area contributed by atoms with Crippen LogP contribution in [0.5, 0.6) is 0 Å². The Morgan fingerprint density at radius 2 is 2.18 bits per heavy atom. The standard InChI is InChI=1S/C8H13NO2/c1-4-5-8(9)6(2)11-7(3)10/h4-6,9H,1-3H3. The highest BCUT2D eigenvalue weighted by Crippen LogP contribution is 1.94. The summed E-state index contributed by atoms with van der Waals surface area (Å²) in [5.74, 6) is -0.355. The van der Waals surface area contributed by atoms with Gasteiger partial charge in [-0.15, -0.1) is 0 Å². The van der Waals surface area contributed by atoms with E-state index in [2.05, 4.69) is 0 Å². The van der Waals surface area contributed by atoms with Crippen LogP contribution in [-0.4, -0.2) is 17.8 Å². The fraction of sp³-hybridized carbons (Fsp3) is 0.500. The Hall–Kier alpha value is -1.12. The molecule has 1 unspecified atom stereocenters. The van der Waals surface area contributed by atoms with Crippen LogP contribution >= 0.6 is 0 Å². The summed E-state index contributed by atoms with van der Waals surface area (Å²) in [4.78, 5) is 10.4. The smallest absolute Gasteiger partial charge is 0.303 e.